The van der Waals surface area contributed by atoms with Crippen molar-refractivity contribution in [2.45, 2.75) is 46.1 Å². The van der Waals surface area contributed by atoms with E-state index in [1.165, 1.54) is 17.7 Å². The van der Waals surface area contributed by atoms with Gasteiger partial charge in [-0.1, -0.05) is 33.6 Å². The Balaban J connectivity index is 2.48. The molecule has 0 aliphatic carbocycles. The Hall–Kier alpha value is -0.670. The Labute approximate surface area is 124 Å². The monoisotopic (exact) mass is 327 g/mol. The lowest BCUT2D eigenvalue weighted by Crippen LogP contribution is -2.36. The molecule has 0 fully saturated rings. The summed E-state index contributed by atoms with van der Waals surface area (Å²) in [6, 6.07) is 4.86. The zero-order chi connectivity index (χ0) is 14.5. The topological polar surface area (TPSA) is 12.0 Å². The summed E-state index contributed by atoms with van der Waals surface area (Å²) in [6.07, 6.45) is 4.12. The lowest BCUT2D eigenvalue weighted by atomic mass is 10.0. The van der Waals surface area contributed by atoms with Crippen molar-refractivity contribution in [3.05, 3.63) is 45.7 Å². The largest absolute Gasteiger partial charge is 0.312 e. The maximum absolute atomic E-state index is 13.0. The van der Waals surface area contributed by atoms with E-state index >= 15 is 0 Å². The van der Waals surface area contributed by atoms with E-state index in [9.17, 15) is 4.39 Å². The van der Waals surface area contributed by atoms with Crippen LogP contribution in [0, 0.1) is 5.82 Å². The summed E-state index contributed by atoms with van der Waals surface area (Å²) in [7, 11) is 0. The molecule has 0 spiro atoms. The average Bonchev–Trinajstić information content (AvgIpc) is 2.27. The fourth-order valence-electron chi connectivity index (χ4n) is 1.80. The third-order valence-corrected chi connectivity index (χ3v) is 3.52. The minimum Gasteiger partial charge on any atom is -0.312 e. The summed E-state index contributed by atoms with van der Waals surface area (Å²) in [5.74, 6) is -0.202. The molecule has 0 saturated heterocycles. The van der Waals surface area contributed by atoms with Crippen LogP contribution in [0.15, 0.2) is 34.3 Å². The lowest BCUT2D eigenvalue weighted by Gasteiger charge is -2.19. The van der Waals surface area contributed by atoms with E-state index in [4.69, 9.17) is 0 Å². The molecule has 19 heavy (non-hydrogen) atoms. The van der Waals surface area contributed by atoms with Crippen molar-refractivity contribution in [2.24, 2.45) is 0 Å². The number of hydrogen-bond donors (Lipinski definition) is 1. The molecule has 106 valence electrons. The average molecular weight is 328 g/mol. The Morgan fingerprint density at radius 1 is 1.37 bits per heavy atom. The van der Waals surface area contributed by atoms with Crippen molar-refractivity contribution < 1.29 is 4.39 Å². The molecule has 1 nitrogen and oxygen atoms in total. The third kappa shape index (κ3) is 6.88. The predicted octanol–water partition coefficient (Wildman–Crippen LogP) is 4.86. The maximum Gasteiger partial charge on any atom is 0.124 e. The minimum atomic E-state index is -0.202. The molecule has 1 aromatic rings. The van der Waals surface area contributed by atoms with Crippen LogP contribution in [-0.2, 0) is 6.42 Å². The van der Waals surface area contributed by atoms with Crippen molar-refractivity contribution in [2.75, 3.05) is 6.54 Å². The summed E-state index contributed by atoms with van der Waals surface area (Å²) >= 11 is 3.40. The van der Waals surface area contributed by atoms with Crippen LogP contribution in [0.3, 0.4) is 0 Å². The Kier molecular flexibility index (Phi) is 6.21. The third-order valence-electron chi connectivity index (χ3n) is 2.78. The number of halogens is 2. The number of hydrogen-bond acceptors (Lipinski definition) is 1. The van der Waals surface area contributed by atoms with Crippen LogP contribution in [0.1, 0.15) is 39.7 Å². The van der Waals surface area contributed by atoms with Crippen molar-refractivity contribution in [1.29, 1.82) is 0 Å². The summed E-state index contributed by atoms with van der Waals surface area (Å²) in [5.41, 5.74) is 2.60. The van der Waals surface area contributed by atoms with E-state index in [1.54, 1.807) is 0 Å². The van der Waals surface area contributed by atoms with E-state index in [-0.39, 0.29) is 11.4 Å². The van der Waals surface area contributed by atoms with Crippen LogP contribution >= 0.6 is 15.9 Å². The quantitative estimate of drug-likeness (QED) is 0.601. The number of rotatable bonds is 5. The number of benzene rings is 1. The fourth-order valence-corrected chi connectivity index (χ4v) is 2.29. The Bertz CT molecular complexity index is 447. The molecule has 3 heteroatoms. The molecule has 0 atom stereocenters. The summed E-state index contributed by atoms with van der Waals surface area (Å²) in [6.45, 7) is 9.59. The first-order valence-electron chi connectivity index (χ1n) is 6.62. The molecule has 1 rings (SSSR count). The molecule has 0 aliphatic rings. The van der Waals surface area contributed by atoms with Gasteiger partial charge < -0.3 is 5.32 Å². The predicted molar refractivity (Wildman–Crippen MR) is 83.9 cm³/mol. The molecule has 0 aromatic heterocycles. The lowest BCUT2D eigenvalue weighted by molar-refractivity contribution is 0.431. The highest BCUT2D eigenvalue weighted by Gasteiger charge is 2.07. The molecular weight excluding hydrogens is 305 g/mol. The van der Waals surface area contributed by atoms with Crippen molar-refractivity contribution in [3.63, 3.8) is 0 Å². The molecule has 0 radical (unpaired) electrons. The second-order valence-electron chi connectivity index (χ2n) is 5.93. The Morgan fingerprint density at radius 2 is 2.05 bits per heavy atom. The first-order chi connectivity index (χ1) is 8.78. The number of allylic oxidation sites excluding steroid dienone is 1. The molecule has 0 amide bonds. The van der Waals surface area contributed by atoms with Crippen molar-refractivity contribution in [1.82, 2.24) is 5.32 Å². The maximum atomic E-state index is 13.0. The van der Waals surface area contributed by atoms with E-state index < -0.39 is 0 Å². The summed E-state index contributed by atoms with van der Waals surface area (Å²) in [5, 5.41) is 3.46. The highest BCUT2D eigenvalue weighted by Crippen LogP contribution is 2.21. The summed E-state index contributed by atoms with van der Waals surface area (Å²) < 4.78 is 13.8. The van der Waals surface area contributed by atoms with Gasteiger partial charge in [0.2, 0.25) is 0 Å². The van der Waals surface area contributed by atoms with Crippen LogP contribution in [-0.4, -0.2) is 12.1 Å². The fraction of sp³-hybridized carbons (Fsp3) is 0.500. The van der Waals surface area contributed by atoms with Crippen LogP contribution in [0.2, 0.25) is 0 Å². The van der Waals surface area contributed by atoms with Crippen LogP contribution in [0.25, 0.3) is 0 Å². The zero-order valence-electron chi connectivity index (χ0n) is 12.2. The molecule has 0 aliphatic heterocycles. The highest BCUT2D eigenvalue weighted by atomic mass is 79.9. The first-order valence-corrected chi connectivity index (χ1v) is 7.42. The van der Waals surface area contributed by atoms with Gasteiger partial charge in [-0.05, 0) is 64.8 Å². The molecule has 0 saturated carbocycles. The molecule has 1 N–H and O–H groups in total. The van der Waals surface area contributed by atoms with Crippen LogP contribution in [0.4, 0.5) is 4.39 Å². The zero-order valence-corrected chi connectivity index (χ0v) is 13.8. The van der Waals surface area contributed by atoms with Gasteiger partial charge in [-0.15, -0.1) is 0 Å². The second-order valence-corrected chi connectivity index (χ2v) is 6.78. The van der Waals surface area contributed by atoms with Gasteiger partial charge in [0.1, 0.15) is 5.82 Å². The van der Waals surface area contributed by atoms with Gasteiger partial charge in [-0.2, -0.15) is 0 Å². The van der Waals surface area contributed by atoms with Crippen LogP contribution < -0.4 is 5.32 Å². The molecule has 0 heterocycles. The van der Waals surface area contributed by atoms with Crippen molar-refractivity contribution in [3.8, 4) is 0 Å². The highest BCUT2D eigenvalue weighted by molar-refractivity contribution is 9.10. The first kappa shape index (κ1) is 16.4. The molecule has 1 aromatic carbocycles. The SMILES string of the molecule is CC(=CCCNC(C)(C)C)Cc1ccc(F)cc1Br. The standard InChI is InChI=1S/C16H23BrFN/c1-12(6-5-9-19-16(2,3)4)10-13-7-8-14(18)11-15(13)17/h6-8,11,19H,5,9-10H2,1-4H3. The second kappa shape index (κ2) is 7.20. The van der Waals surface area contributed by atoms with Gasteiger partial charge in [-0.3, -0.25) is 0 Å². The smallest absolute Gasteiger partial charge is 0.124 e. The molecular formula is C16H23BrFN. The van der Waals surface area contributed by atoms with E-state index in [1.807, 2.05) is 6.07 Å². The van der Waals surface area contributed by atoms with Gasteiger partial charge in [-0.25, -0.2) is 4.39 Å². The Morgan fingerprint density at radius 3 is 2.63 bits per heavy atom. The van der Waals surface area contributed by atoms with Crippen molar-refractivity contribution >= 4 is 15.9 Å². The van der Waals surface area contributed by atoms with E-state index in [0.717, 1.165) is 29.4 Å². The van der Waals surface area contributed by atoms with Gasteiger partial charge in [0.05, 0.1) is 0 Å². The molecule has 0 bridgehead atoms. The van der Waals surface area contributed by atoms with E-state index in [2.05, 4.69) is 55.0 Å². The summed E-state index contributed by atoms with van der Waals surface area (Å²) in [4.78, 5) is 0. The van der Waals surface area contributed by atoms with Gasteiger partial charge in [0.25, 0.3) is 0 Å². The normalized spacial score (nSPS) is 12.8. The van der Waals surface area contributed by atoms with E-state index in [0.29, 0.717) is 0 Å². The van der Waals surface area contributed by atoms with Crippen LogP contribution in [0.5, 0.6) is 0 Å². The van der Waals surface area contributed by atoms with Gasteiger partial charge in [0, 0.05) is 10.0 Å². The minimum absolute atomic E-state index is 0.168. The molecule has 0 unspecified atom stereocenters. The van der Waals surface area contributed by atoms with Gasteiger partial charge in [0.15, 0.2) is 0 Å². The van der Waals surface area contributed by atoms with Gasteiger partial charge >= 0.3 is 0 Å². The number of nitrogens with one attached hydrogen (secondary N) is 1.